The summed E-state index contributed by atoms with van der Waals surface area (Å²) in [4.78, 5) is 16.4. The lowest BCUT2D eigenvalue weighted by Crippen LogP contribution is -2.15. The van der Waals surface area contributed by atoms with E-state index in [0.29, 0.717) is 17.3 Å². The third-order valence-electron chi connectivity index (χ3n) is 3.41. The maximum atomic E-state index is 12.9. The highest BCUT2D eigenvalue weighted by Gasteiger charge is 2.33. The first kappa shape index (κ1) is 19.3. The van der Waals surface area contributed by atoms with E-state index in [2.05, 4.69) is 10.3 Å². The summed E-state index contributed by atoms with van der Waals surface area (Å²) in [6.07, 6.45) is -4.72. The second-order valence-corrected chi connectivity index (χ2v) is 7.10. The number of rotatable bonds is 3. The van der Waals surface area contributed by atoms with Crippen LogP contribution in [0, 0.1) is 6.92 Å². The third-order valence-corrected chi connectivity index (χ3v) is 3.74. The van der Waals surface area contributed by atoms with E-state index in [-0.39, 0.29) is 17.5 Å². The van der Waals surface area contributed by atoms with Crippen LogP contribution >= 0.6 is 11.6 Å². The first-order valence-electron chi connectivity index (χ1n) is 7.51. The third kappa shape index (κ3) is 4.75. The number of alkyl halides is 3. The van der Waals surface area contributed by atoms with Crippen LogP contribution in [-0.4, -0.2) is 10.9 Å². The van der Waals surface area contributed by atoms with Gasteiger partial charge in [0, 0.05) is 11.1 Å². The van der Waals surface area contributed by atoms with Gasteiger partial charge in [-0.25, -0.2) is 4.98 Å². The maximum Gasteiger partial charge on any atom is 0.417 e. The largest absolute Gasteiger partial charge is 0.444 e. The van der Waals surface area contributed by atoms with Crippen molar-refractivity contribution in [2.45, 2.75) is 45.7 Å². The molecule has 1 aromatic carbocycles. The quantitative estimate of drug-likeness (QED) is 0.809. The molecule has 0 atom stereocenters. The number of anilines is 1. The Labute approximate surface area is 148 Å². The van der Waals surface area contributed by atoms with Crippen molar-refractivity contribution >= 4 is 23.2 Å². The van der Waals surface area contributed by atoms with Gasteiger partial charge >= 0.3 is 6.18 Å². The predicted molar refractivity (Wildman–Crippen MR) is 88.7 cm³/mol. The van der Waals surface area contributed by atoms with Crippen LogP contribution in [-0.2, 0) is 22.8 Å². The number of hydrogen-bond acceptors (Lipinski definition) is 3. The van der Waals surface area contributed by atoms with Crippen LogP contribution in [0.3, 0.4) is 0 Å². The van der Waals surface area contributed by atoms with Gasteiger partial charge in [-0.2, -0.15) is 13.2 Å². The number of aromatic nitrogens is 1. The summed E-state index contributed by atoms with van der Waals surface area (Å²) < 4.78 is 44.2. The predicted octanol–water partition coefficient (Wildman–Crippen LogP) is 5.13. The molecular formula is C17H18ClF3N2O2. The minimum absolute atomic E-state index is 0.00920. The Morgan fingerprint density at radius 1 is 1.28 bits per heavy atom. The molecule has 1 aromatic heterocycles. The smallest absolute Gasteiger partial charge is 0.417 e. The molecule has 4 nitrogen and oxygen atoms in total. The standard InChI is InChI=1S/C17H18ClF3N2O2/c1-9-13(25-15(22-9)16(2,3)4)8-14(24)23-10-5-6-12(18)11(7-10)17(19,20)21/h5-7H,8H2,1-4H3,(H,23,24). The van der Waals surface area contributed by atoms with Crippen LogP contribution < -0.4 is 5.32 Å². The number of amides is 1. The van der Waals surface area contributed by atoms with Crippen LogP contribution in [0.1, 0.15) is 43.7 Å². The summed E-state index contributed by atoms with van der Waals surface area (Å²) in [5.41, 5.74) is -0.725. The van der Waals surface area contributed by atoms with Gasteiger partial charge in [-0.15, -0.1) is 0 Å². The molecule has 0 spiro atoms. The van der Waals surface area contributed by atoms with Crippen molar-refractivity contribution in [3.8, 4) is 0 Å². The molecule has 1 N–H and O–H groups in total. The average molecular weight is 375 g/mol. The fourth-order valence-corrected chi connectivity index (χ4v) is 2.31. The Balaban J connectivity index is 2.15. The Morgan fingerprint density at radius 2 is 1.92 bits per heavy atom. The molecule has 1 amide bonds. The molecular weight excluding hydrogens is 357 g/mol. The molecule has 0 saturated carbocycles. The number of hydrogen-bond donors (Lipinski definition) is 1. The van der Waals surface area contributed by atoms with E-state index in [1.54, 1.807) is 6.92 Å². The zero-order chi connectivity index (χ0) is 19.0. The molecule has 136 valence electrons. The summed E-state index contributed by atoms with van der Waals surface area (Å²) in [5, 5.41) is 2.00. The first-order valence-corrected chi connectivity index (χ1v) is 7.89. The van der Waals surface area contributed by atoms with Gasteiger partial charge in [0.25, 0.3) is 0 Å². The molecule has 0 aliphatic heterocycles. The molecule has 25 heavy (non-hydrogen) atoms. The van der Waals surface area contributed by atoms with Gasteiger partial charge in [0.2, 0.25) is 5.91 Å². The van der Waals surface area contributed by atoms with E-state index in [0.717, 1.165) is 12.1 Å². The average Bonchev–Trinajstić information content (AvgIpc) is 2.81. The minimum atomic E-state index is -4.60. The Kier molecular flexibility index (Phi) is 5.18. The van der Waals surface area contributed by atoms with E-state index in [1.807, 2.05) is 20.8 Å². The lowest BCUT2D eigenvalue weighted by atomic mass is 9.97. The van der Waals surface area contributed by atoms with Gasteiger partial charge in [-0.3, -0.25) is 4.79 Å². The van der Waals surface area contributed by atoms with E-state index in [1.165, 1.54) is 6.07 Å². The van der Waals surface area contributed by atoms with Crippen molar-refractivity contribution in [3.05, 3.63) is 46.1 Å². The summed E-state index contributed by atoms with van der Waals surface area (Å²) in [5.74, 6) is 0.376. The fraction of sp³-hybridized carbons (Fsp3) is 0.412. The van der Waals surface area contributed by atoms with E-state index >= 15 is 0 Å². The highest BCUT2D eigenvalue weighted by atomic mass is 35.5. The van der Waals surface area contributed by atoms with Crippen LogP contribution in [0.5, 0.6) is 0 Å². The number of benzene rings is 1. The van der Waals surface area contributed by atoms with Gasteiger partial charge < -0.3 is 9.73 Å². The molecule has 0 aliphatic carbocycles. The normalized spacial score (nSPS) is 12.3. The van der Waals surface area contributed by atoms with Crippen molar-refractivity contribution in [2.75, 3.05) is 5.32 Å². The maximum absolute atomic E-state index is 12.9. The molecule has 1 heterocycles. The number of nitrogens with one attached hydrogen (secondary N) is 1. The van der Waals surface area contributed by atoms with Crippen LogP contribution in [0.2, 0.25) is 5.02 Å². The zero-order valence-corrected chi connectivity index (χ0v) is 15.0. The number of oxazole rings is 1. The molecule has 0 radical (unpaired) electrons. The van der Waals surface area contributed by atoms with Gasteiger partial charge in [0.15, 0.2) is 5.89 Å². The summed E-state index contributed by atoms with van der Waals surface area (Å²) in [7, 11) is 0. The van der Waals surface area contributed by atoms with Gasteiger partial charge in [0.05, 0.1) is 22.7 Å². The lowest BCUT2D eigenvalue weighted by molar-refractivity contribution is -0.137. The zero-order valence-electron chi connectivity index (χ0n) is 14.2. The number of halogens is 4. The second-order valence-electron chi connectivity index (χ2n) is 6.69. The Bertz CT molecular complexity index is 792. The number of nitrogens with zero attached hydrogens (tertiary/aromatic N) is 1. The molecule has 2 rings (SSSR count). The number of carbonyl (C=O) groups excluding carboxylic acids is 1. The SMILES string of the molecule is Cc1nc(C(C)(C)C)oc1CC(=O)Nc1ccc(Cl)c(C(F)(F)F)c1. The van der Waals surface area contributed by atoms with Crippen molar-refractivity contribution in [1.29, 1.82) is 0 Å². The molecule has 2 aromatic rings. The van der Waals surface area contributed by atoms with Gasteiger partial charge in [-0.05, 0) is 25.1 Å². The molecule has 0 saturated heterocycles. The fourth-order valence-electron chi connectivity index (χ4n) is 2.08. The van der Waals surface area contributed by atoms with E-state index in [4.69, 9.17) is 16.0 Å². The summed E-state index contributed by atoms with van der Waals surface area (Å²) >= 11 is 5.56. The van der Waals surface area contributed by atoms with Crippen molar-refractivity contribution in [3.63, 3.8) is 0 Å². The van der Waals surface area contributed by atoms with Crippen LogP contribution in [0.15, 0.2) is 22.6 Å². The Morgan fingerprint density at radius 3 is 2.44 bits per heavy atom. The van der Waals surface area contributed by atoms with Crippen molar-refractivity contribution in [2.24, 2.45) is 0 Å². The molecule has 0 fully saturated rings. The van der Waals surface area contributed by atoms with Crippen molar-refractivity contribution < 1.29 is 22.4 Å². The lowest BCUT2D eigenvalue weighted by Gasteiger charge is -2.12. The molecule has 0 unspecified atom stereocenters. The second kappa shape index (κ2) is 6.71. The minimum Gasteiger partial charge on any atom is -0.444 e. The monoisotopic (exact) mass is 374 g/mol. The van der Waals surface area contributed by atoms with Crippen molar-refractivity contribution in [1.82, 2.24) is 4.98 Å². The first-order chi connectivity index (χ1) is 11.4. The topological polar surface area (TPSA) is 55.1 Å². The van der Waals surface area contributed by atoms with Gasteiger partial charge in [0.1, 0.15) is 5.76 Å². The Hall–Kier alpha value is -2.02. The highest BCUT2D eigenvalue weighted by molar-refractivity contribution is 6.31. The van der Waals surface area contributed by atoms with E-state index < -0.39 is 22.7 Å². The molecule has 0 aliphatic rings. The van der Waals surface area contributed by atoms with Crippen LogP contribution in [0.25, 0.3) is 0 Å². The van der Waals surface area contributed by atoms with Gasteiger partial charge in [-0.1, -0.05) is 32.4 Å². The summed E-state index contributed by atoms with van der Waals surface area (Å²) in [6, 6.07) is 3.20. The molecule has 8 heteroatoms. The highest BCUT2D eigenvalue weighted by Crippen LogP contribution is 2.36. The number of carbonyl (C=O) groups is 1. The molecule has 0 bridgehead atoms. The summed E-state index contributed by atoms with van der Waals surface area (Å²) in [6.45, 7) is 7.49. The number of aryl methyl sites for hydroxylation is 1. The van der Waals surface area contributed by atoms with E-state index in [9.17, 15) is 18.0 Å². The van der Waals surface area contributed by atoms with Crippen LogP contribution in [0.4, 0.5) is 18.9 Å².